The van der Waals surface area contributed by atoms with Gasteiger partial charge in [-0.25, -0.2) is 4.68 Å². The molecule has 0 bridgehead atoms. The highest BCUT2D eigenvalue weighted by atomic mass is 35.5. The summed E-state index contributed by atoms with van der Waals surface area (Å²) < 4.78 is 7.48. The molecule has 3 aromatic rings. The molecule has 4 rings (SSSR count). The maximum atomic E-state index is 12.5. The second kappa shape index (κ2) is 7.77. The third kappa shape index (κ3) is 4.10. The molecule has 1 aliphatic carbocycles. The number of hydrogen-bond donors (Lipinski definition) is 1. The van der Waals surface area contributed by atoms with Crippen LogP contribution < -0.4 is 10.1 Å². The minimum atomic E-state index is -0.751. The number of carbonyl (C=O) groups is 1. The van der Waals surface area contributed by atoms with Crippen molar-refractivity contribution in [3.8, 4) is 17.1 Å². The Balaban J connectivity index is 1.46. The van der Waals surface area contributed by atoms with Crippen molar-refractivity contribution in [2.75, 3.05) is 5.32 Å². The molecular formula is C19H17Cl2N5O2. The summed E-state index contributed by atoms with van der Waals surface area (Å²) in [7, 11) is 0. The molecule has 0 spiro atoms. The number of carbonyl (C=O) groups excluding carboxylic acids is 1. The van der Waals surface area contributed by atoms with E-state index < -0.39 is 6.10 Å². The van der Waals surface area contributed by atoms with E-state index in [1.165, 1.54) is 0 Å². The molecule has 28 heavy (non-hydrogen) atoms. The van der Waals surface area contributed by atoms with Gasteiger partial charge in [0.05, 0.1) is 11.1 Å². The number of nitrogens with zero attached hydrogens (tertiary/aromatic N) is 4. The van der Waals surface area contributed by atoms with Gasteiger partial charge < -0.3 is 10.1 Å². The van der Waals surface area contributed by atoms with Crippen molar-refractivity contribution < 1.29 is 9.53 Å². The molecule has 0 aliphatic heterocycles. The van der Waals surface area contributed by atoms with E-state index in [0.29, 0.717) is 33.3 Å². The number of benzene rings is 2. The van der Waals surface area contributed by atoms with E-state index in [1.807, 2.05) is 22.9 Å². The van der Waals surface area contributed by atoms with Crippen molar-refractivity contribution in [2.45, 2.75) is 31.9 Å². The van der Waals surface area contributed by atoms with Crippen LogP contribution >= 0.6 is 23.2 Å². The van der Waals surface area contributed by atoms with E-state index in [4.69, 9.17) is 27.9 Å². The van der Waals surface area contributed by atoms with Crippen LogP contribution in [0.5, 0.6) is 5.75 Å². The van der Waals surface area contributed by atoms with Crippen LogP contribution in [0.3, 0.4) is 0 Å². The van der Waals surface area contributed by atoms with Gasteiger partial charge in [-0.15, -0.1) is 5.10 Å². The summed E-state index contributed by atoms with van der Waals surface area (Å²) >= 11 is 12.0. The molecule has 0 unspecified atom stereocenters. The fourth-order valence-corrected chi connectivity index (χ4v) is 3.20. The molecule has 1 aromatic heterocycles. The number of anilines is 1. The normalized spacial score (nSPS) is 14.5. The van der Waals surface area contributed by atoms with Gasteiger partial charge >= 0.3 is 0 Å². The average Bonchev–Trinajstić information content (AvgIpc) is 3.40. The molecule has 1 amide bonds. The first-order chi connectivity index (χ1) is 13.5. The summed E-state index contributed by atoms with van der Waals surface area (Å²) in [5.74, 6) is 0.784. The van der Waals surface area contributed by atoms with Gasteiger partial charge in [-0.2, -0.15) is 0 Å². The Kier molecular flexibility index (Phi) is 5.19. The molecule has 2 aromatic carbocycles. The molecular weight excluding hydrogens is 401 g/mol. The minimum Gasteiger partial charge on any atom is -0.479 e. The van der Waals surface area contributed by atoms with Crippen molar-refractivity contribution in [1.82, 2.24) is 20.2 Å². The largest absolute Gasteiger partial charge is 0.479 e. The van der Waals surface area contributed by atoms with Crippen LogP contribution in [-0.4, -0.2) is 32.2 Å². The standard InChI is InChI=1S/C19H17Cl2N5O2/c1-11(28-17-8-5-13(20)10-16(17)21)19(27)22-14-4-2-3-12(9-14)18-23-24-25-26(18)15-6-7-15/h2-5,8-11,15H,6-7H2,1H3,(H,22,27)/t11-/m0/s1. The Bertz CT molecular complexity index is 1020. The van der Waals surface area contributed by atoms with Gasteiger partial charge in [-0.1, -0.05) is 35.3 Å². The Morgan fingerprint density at radius 1 is 1.25 bits per heavy atom. The lowest BCUT2D eigenvalue weighted by Gasteiger charge is -2.16. The van der Waals surface area contributed by atoms with Crippen LogP contribution in [-0.2, 0) is 4.79 Å². The maximum absolute atomic E-state index is 12.5. The molecule has 1 heterocycles. The smallest absolute Gasteiger partial charge is 0.265 e. The zero-order valence-electron chi connectivity index (χ0n) is 15.0. The first kappa shape index (κ1) is 18.7. The first-order valence-corrected chi connectivity index (χ1v) is 9.58. The molecule has 1 aliphatic rings. The predicted molar refractivity (Wildman–Crippen MR) is 107 cm³/mol. The summed E-state index contributed by atoms with van der Waals surface area (Å²) in [5.41, 5.74) is 1.47. The van der Waals surface area contributed by atoms with Crippen LogP contribution in [0.25, 0.3) is 11.4 Å². The number of nitrogens with one attached hydrogen (secondary N) is 1. The lowest BCUT2D eigenvalue weighted by Crippen LogP contribution is -2.30. The molecule has 0 radical (unpaired) electrons. The quantitative estimate of drug-likeness (QED) is 0.642. The predicted octanol–water partition coefficient (Wildman–Crippen LogP) is 4.39. The van der Waals surface area contributed by atoms with E-state index in [-0.39, 0.29) is 5.91 Å². The van der Waals surface area contributed by atoms with Crippen LogP contribution in [0.15, 0.2) is 42.5 Å². The fraction of sp³-hybridized carbons (Fsp3) is 0.263. The van der Waals surface area contributed by atoms with Gasteiger partial charge in [-0.3, -0.25) is 4.79 Å². The molecule has 1 atom stereocenters. The number of ether oxygens (including phenoxy) is 1. The minimum absolute atomic E-state index is 0.301. The number of hydrogen-bond acceptors (Lipinski definition) is 5. The molecule has 1 fully saturated rings. The van der Waals surface area contributed by atoms with Gasteiger partial charge in [0.25, 0.3) is 5.91 Å². The number of halogens is 2. The number of rotatable bonds is 6. The number of amides is 1. The zero-order chi connectivity index (χ0) is 19.7. The molecule has 1 N–H and O–H groups in total. The second-order valence-corrected chi connectivity index (χ2v) is 7.43. The fourth-order valence-electron chi connectivity index (χ4n) is 2.74. The second-order valence-electron chi connectivity index (χ2n) is 6.58. The highest BCUT2D eigenvalue weighted by Crippen LogP contribution is 2.36. The summed E-state index contributed by atoms with van der Waals surface area (Å²) in [5, 5.41) is 15.6. The summed E-state index contributed by atoms with van der Waals surface area (Å²) in [6.07, 6.45) is 1.41. The number of aromatic nitrogens is 4. The van der Waals surface area contributed by atoms with Crippen LogP contribution in [0, 0.1) is 0 Å². The van der Waals surface area contributed by atoms with Gasteiger partial charge in [-0.05, 0) is 60.5 Å². The highest BCUT2D eigenvalue weighted by Gasteiger charge is 2.28. The van der Waals surface area contributed by atoms with Crippen LogP contribution in [0.1, 0.15) is 25.8 Å². The summed E-state index contributed by atoms with van der Waals surface area (Å²) in [6.45, 7) is 1.65. The Morgan fingerprint density at radius 3 is 2.82 bits per heavy atom. The molecule has 1 saturated carbocycles. The Labute approximate surface area is 171 Å². The Hall–Kier alpha value is -2.64. The van der Waals surface area contributed by atoms with Crippen molar-refractivity contribution in [3.63, 3.8) is 0 Å². The maximum Gasteiger partial charge on any atom is 0.265 e. The SMILES string of the molecule is C[C@H](Oc1ccc(Cl)cc1Cl)C(=O)Nc1cccc(-c2nnnn2C2CC2)c1. The van der Waals surface area contributed by atoms with Crippen LogP contribution in [0.4, 0.5) is 5.69 Å². The van der Waals surface area contributed by atoms with Gasteiger partial charge in [0.15, 0.2) is 11.9 Å². The third-order valence-corrected chi connectivity index (χ3v) is 4.87. The van der Waals surface area contributed by atoms with Crippen molar-refractivity contribution in [2.24, 2.45) is 0 Å². The van der Waals surface area contributed by atoms with E-state index in [9.17, 15) is 4.79 Å². The monoisotopic (exact) mass is 417 g/mol. The average molecular weight is 418 g/mol. The first-order valence-electron chi connectivity index (χ1n) is 8.82. The summed E-state index contributed by atoms with van der Waals surface area (Å²) in [6, 6.07) is 12.6. The van der Waals surface area contributed by atoms with Crippen molar-refractivity contribution >= 4 is 34.8 Å². The third-order valence-electron chi connectivity index (χ3n) is 4.34. The lowest BCUT2D eigenvalue weighted by molar-refractivity contribution is -0.122. The molecule has 7 nitrogen and oxygen atoms in total. The Morgan fingerprint density at radius 2 is 2.07 bits per heavy atom. The van der Waals surface area contributed by atoms with E-state index in [1.54, 1.807) is 31.2 Å². The zero-order valence-corrected chi connectivity index (χ0v) is 16.5. The van der Waals surface area contributed by atoms with Crippen LogP contribution in [0.2, 0.25) is 10.0 Å². The van der Waals surface area contributed by atoms with Gasteiger partial charge in [0.2, 0.25) is 0 Å². The molecule has 9 heteroatoms. The van der Waals surface area contributed by atoms with E-state index in [0.717, 1.165) is 18.4 Å². The summed E-state index contributed by atoms with van der Waals surface area (Å²) in [4.78, 5) is 12.5. The van der Waals surface area contributed by atoms with Gasteiger partial charge in [0.1, 0.15) is 5.75 Å². The van der Waals surface area contributed by atoms with Gasteiger partial charge in [0, 0.05) is 16.3 Å². The lowest BCUT2D eigenvalue weighted by atomic mass is 10.2. The van der Waals surface area contributed by atoms with Crippen molar-refractivity contribution in [3.05, 3.63) is 52.5 Å². The van der Waals surface area contributed by atoms with E-state index >= 15 is 0 Å². The highest BCUT2D eigenvalue weighted by molar-refractivity contribution is 6.35. The number of tetrazole rings is 1. The molecule has 144 valence electrons. The topological polar surface area (TPSA) is 81.9 Å². The van der Waals surface area contributed by atoms with Crippen molar-refractivity contribution in [1.29, 1.82) is 0 Å². The molecule has 0 saturated heterocycles. The van der Waals surface area contributed by atoms with E-state index in [2.05, 4.69) is 20.8 Å².